The van der Waals surface area contributed by atoms with Gasteiger partial charge in [0.1, 0.15) is 17.5 Å². The van der Waals surface area contributed by atoms with Crippen molar-refractivity contribution in [2.45, 2.75) is 38.9 Å². The summed E-state index contributed by atoms with van der Waals surface area (Å²) < 4.78 is 10.5. The standard InChI is InChI=1S/C14H21NO4/c1-14(2,3)19-13(17)15-7-6-10(9-15)12(16)11-5-4-8-18-11/h4-5,8,10,12,16H,6-7,9H2,1-3H3/t10-,12-/m0/s1. The van der Waals surface area contributed by atoms with E-state index in [1.165, 1.54) is 0 Å². The summed E-state index contributed by atoms with van der Waals surface area (Å²) in [5.74, 6) is 0.551. The monoisotopic (exact) mass is 267 g/mol. The lowest BCUT2D eigenvalue weighted by atomic mass is 10.00. The van der Waals surface area contributed by atoms with Crippen molar-refractivity contribution in [3.05, 3.63) is 24.2 Å². The van der Waals surface area contributed by atoms with Gasteiger partial charge in [-0.1, -0.05) is 0 Å². The second-order valence-electron chi connectivity index (χ2n) is 5.94. The third kappa shape index (κ3) is 3.50. The molecule has 1 aliphatic heterocycles. The molecule has 0 bridgehead atoms. The van der Waals surface area contributed by atoms with Crippen LogP contribution in [0, 0.1) is 5.92 Å². The van der Waals surface area contributed by atoms with Gasteiger partial charge in [-0.25, -0.2) is 4.79 Å². The molecule has 2 atom stereocenters. The smallest absolute Gasteiger partial charge is 0.410 e. The van der Waals surface area contributed by atoms with Crippen LogP contribution in [0.15, 0.2) is 22.8 Å². The Balaban J connectivity index is 1.91. The van der Waals surface area contributed by atoms with E-state index in [0.717, 1.165) is 6.42 Å². The van der Waals surface area contributed by atoms with E-state index in [0.29, 0.717) is 18.8 Å². The molecular formula is C14H21NO4. The minimum absolute atomic E-state index is 0.00123. The summed E-state index contributed by atoms with van der Waals surface area (Å²) in [6.07, 6.45) is 1.31. The summed E-state index contributed by atoms with van der Waals surface area (Å²) in [5.41, 5.74) is -0.491. The number of aliphatic hydroxyl groups is 1. The van der Waals surface area contributed by atoms with Gasteiger partial charge in [0.2, 0.25) is 0 Å². The number of furan rings is 1. The molecule has 1 saturated heterocycles. The van der Waals surface area contributed by atoms with E-state index in [1.54, 1.807) is 23.3 Å². The fourth-order valence-electron chi connectivity index (χ4n) is 2.23. The average Bonchev–Trinajstić information content (AvgIpc) is 2.98. The zero-order valence-electron chi connectivity index (χ0n) is 11.6. The van der Waals surface area contributed by atoms with Gasteiger partial charge < -0.3 is 19.2 Å². The van der Waals surface area contributed by atoms with Gasteiger partial charge in [-0.3, -0.25) is 0 Å². The molecular weight excluding hydrogens is 246 g/mol. The van der Waals surface area contributed by atoms with Crippen LogP contribution in [0.25, 0.3) is 0 Å². The van der Waals surface area contributed by atoms with Crippen molar-refractivity contribution < 1.29 is 19.1 Å². The van der Waals surface area contributed by atoms with Crippen LogP contribution in [-0.2, 0) is 4.74 Å². The van der Waals surface area contributed by atoms with Gasteiger partial charge in [0.15, 0.2) is 0 Å². The van der Waals surface area contributed by atoms with Crippen LogP contribution >= 0.6 is 0 Å². The van der Waals surface area contributed by atoms with Gasteiger partial charge in [-0.05, 0) is 39.3 Å². The van der Waals surface area contributed by atoms with Gasteiger partial charge in [-0.15, -0.1) is 0 Å². The number of likely N-dealkylation sites (tertiary alicyclic amines) is 1. The Morgan fingerprint density at radius 3 is 2.89 bits per heavy atom. The number of ether oxygens (including phenoxy) is 1. The fourth-order valence-corrected chi connectivity index (χ4v) is 2.23. The van der Waals surface area contributed by atoms with E-state index in [9.17, 15) is 9.90 Å². The molecule has 0 spiro atoms. The molecule has 5 nitrogen and oxygen atoms in total. The Morgan fingerprint density at radius 1 is 1.58 bits per heavy atom. The van der Waals surface area contributed by atoms with E-state index < -0.39 is 11.7 Å². The van der Waals surface area contributed by atoms with Crippen molar-refractivity contribution >= 4 is 6.09 Å². The van der Waals surface area contributed by atoms with Crippen LogP contribution in [0.4, 0.5) is 4.79 Å². The van der Waals surface area contributed by atoms with Crippen LogP contribution < -0.4 is 0 Å². The molecule has 1 aromatic rings. The van der Waals surface area contributed by atoms with E-state index in [2.05, 4.69) is 0 Å². The summed E-state index contributed by atoms with van der Waals surface area (Å²) in [6.45, 7) is 6.64. The van der Waals surface area contributed by atoms with Gasteiger partial charge in [-0.2, -0.15) is 0 Å². The number of carbonyl (C=O) groups excluding carboxylic acids is 1. The maximum atomic E-state index is 11.9. The van der Waals surface area contributed by atoms with Gasteiger partial charge >= 0.3 is 6.09 Å². The molecule has 2 rings (SSSR count). The van der Waals surface area contributed by atoms with Gasteiger partial charge in [0.25, 0.3) is 0 Å². The first kappa shape index (κ1) is 13.9. The van der Waals surface area contributed by atoms with Gasteiger partial charge in [0.05, 0.1) is 6.26 Å². The second-order valence-corrected chi connectivity index (χ2v) is 5.94. The Kier molecular flexibility index (Phi) is 3.85. The van der Waals surface area contributed by atoms with Crippen LogP contribution in [0.5, 0.6) is 0 Å². The van der Waals surface area contributed by atoms with Crippen LogP contribution in [-0.4, -0.2) is 34.8 Å². The summed E-state index contributed by atoms with van der Waals surface area (Å²) >= 11 is 0. The van der Waals surface area contributed by atoms with Crippen LogP contribution in [0.1, 0.15) is 39.1 Å². The zero-order chi connectivity index (χ0) is 14.0. The first-order chi connectivity index (χ1) is 8.87. The molecule has 1 N–H and O–H groups in total. The number of amides is 1. The predicted octanol–water partition coefficient (Wildman–Crippen LogP) is 2.57. The van der Waals surface area contributed by atoms with E-state index in [-0.39, 0.29) is 12.0 Å². The highest BCUT2D eigenvalue weighted by Gasteiger charge is 2.34. The number of rotatable bonds is 2. The minimum Gasteiger partial charge on any atom is -0.467 e. The lowest BCUT2D eigenvalue weighted by Crippen LogP contribution is -2.35. The highest BCUT2D eigenvalue weighted by atomic mass is 16.6. The molecule has 1 aromatic heterocycles. The topological polar surface area (TPSA) is 62.9 Å². The molecule has 1 aliphatic rings. The number of carbonyl (C=O) groups is 1. The predicted molar refractivity (Wildman–Crippen MR) is 69.6 cm³/mol. The summed E-state index contributed by atoms with van der Waals surface area (Å²) in [4.78, 5) is 13.6. The minimum atomic E-state index is -0.664. The molecule has 0 unspecified atom stereocenters. The van der Waals surface area contributed by atoms with Crippen molar-refractivity contribution in [2.24, 2.45) is 5.92 Å². The maximum Gasteiger partial charge on any atom is 0.410 e. The van der Waals surface area contributed by atoms with Crippen molar-refractivity contribution in [1.82, 2.24) is 4.90 Å². The maximum absolute atomic E-state index is 11.9. The lowest BCUT2D eigenvalue weighted by Gasteiger charge is -2.24. The molecule has 1 amide bonds. The second kappa shape index (κ2) is 5.25. The first-order valence-electron chi connectivity index (χ1n) is 6.56. The molecule has 0 saturated carbocycles. The van der Waals surface area contributed by atoms with Crippen molar-refractivity contribution in [3.63, 3.8) is 0 Å². The Bertz CT molecular complexity index is 421. The summed E-state index contributed by atoms with van der Waals surface area (Å²) in [5, 5.41) is 10.2. The van der Waals surface area contributed by atoms with Gasteiger partial charge in [0, 0.05) is 19.0 Å². The van der Waals surface area contributed by atoms with Crippen LogP contribution in [0.2, 0.25) is 0 Å². The highest BCUT2D eigenvalue weighted by Crippen LogP contribution is 2.30. The fraction of sp³-hybridized carbons (Fsp3) is 0.643. The SMILES string of the molecule is CC(C)(C)OC(=O)N1CC[C@H]([C@H](O)c2ccco2)C1. The molecule has 0 radical (unpaired) electrons. The van der Waals surface area contributed by atoms with Crippen molar-refractivity contribution in [3.8, 4) is 0 Å². The number of hydrogen-bond donors (Lipinski definition) is 1. The highest BCUT2D eigenvalue weighted by molar-refractivity contribution is 5.68. The van der Waals surface area contributed by atoms with Crippen molar-refractivity contribution in [2.75, 3.05) is 13.1 Å². The van der Waals surface area contributed by atoms with Crippen molar-refractivity contribution in [1.29, 1.82) is 0 Å². The Labute approximate surface area is 113 Å². The zero-order valence-corrected chi connectivity index (χ0v) is 11.6. The molecule has 1 fully saturated rings. The normalized spacial score (nSPS) is 21.5. The van der Waals surface area contributed by atoms with Crippen LogP contribution in [0.3, 0.4) is 0 Å². The molecule has 0 aromatic carbocycles. The third-order valence-corrected chi connectivity index (χ3v) is 3.16. The number of aliphatic hydroxyl groups excluding tert-OH is 1. The largest absolute Gasteiger partial charge is 0.467 e. The molecule has 0 aliphatic carbocycles. The number of nitrogens with zero attached hydrogens (tertiary/aromatic N) is 1. The summed E-state index contributed by atoms with van der Waals surface area (Å²) in [6, 6.07) is 3.50. The Morgan fingerprint density at radius 2 is 2.32 bits per heavy atom. The average molecular weight is 267 g/mol. The molecule has 2 heterocycles. The Hall–Kier alpha value is -1.49. The molecule has 19 heavy (non-hydrogen) atoms. The van der Waals surface area contributed by atoms with E-state index >= 15 is 0 Å². The number of hydrogen-bond acceptors (Lipinski definition) is 4. The quantitative estimate of drug-likeness (QED) is 0.894. The summed E-state index contributed by atoms with van der Waals surface area (Å²) in [7, 11) is 0. The lowest BCUT2D eigenvalue weighted by molar-refractivity contribution is 0.0260. The van der Waals surface area contributed by atoms with E-state index in [1.807, 2.05) is 20.8 Å². The first-order valence-corrected chi connectivity index (χ1v) is 6.56. The molecule has 5 heteroatoms. The third-order valence-electron chi connectivity index (χ3n) is 3.16. The molecule has 106 valence electrons. The van der Waals surface area contributed by atoms with E-state index in [4.69, 9.17) is 9.15 Å².